The average molecular weight is 538 g/mol. The maximum Gasteiger partial charge on any atom is 0.235 e. The van der Waals surface area contributed by atoms with Crippen LogP contribution in [0.2, 0.25) is 0 Å². The first-order valence-electron chi connectivity index (χ1n) is 14.7. The lowest BCUT2D eigenvalue weighted by Gasteiger charge is -2.19. The first-order valence-corrected chi connectivity index (χ1v) is 16.2. The van der Waals surface area contributed by atoms with Crippen molar-refractivity contribution < 1.29 is 8.42 Å². The van der Waals surface area contributed by atoms with E-state index in [2.05, 4.69) is 22.2 Å². The third kappa shape index (κ3) is 10.0. The highest BCUT2D eigenvalue weighted by Crippen LogP contribution is 2.28. The van der Waals surface area contributed by atoms with Gasteiger partial charge in [0.2, 0.25) is 10.0 Å². The largest absolute Gasteiger partial charge is 0.292 e. The quantitative estimate of drug-likeness (QED) is 0.118. The average Bonchev–Trinajstić information content (AvgIpc) is 2.92. The molecule has 5 nitrogen and oxygen atoms in total. The molecule has 1 unspecified atom stereocenters. The van der Waals surface area contributed by atoms with Gasteiger partial charge in [0.25, 0.3) is 0 Å². The Balaban J connectivity index is 1.45. The number of anilines is 1. The van der Waals surface area contributed by atoms with Crippen LogP contribution in [0, 0.1) is 6.92 Å². The first-order chi connectivity index (χ1) is 18.5. The van der Waals surface area contributed by atoms with E-state index in [-0.39, 0.29) is 0 Å². The second-order valence-corrected chi connectivity index (χ2v) is 12.4. The number of aryl methyl sites for hydroxylation is 1. The number of para-hydroxylation sites is 1. The van der Waals surface area contributed by atoms with Gasteiger partial charge in [0, 0.05) is 5.39 Å². The summed E-state index contributed by atoms with van der Waals surface area (Å²) in [5.74, 6) is 0.498. The summed E-state index contributed by atoms with van der Waals surface area (Å²) in [6, 6.07) is 19.3. The molecule has 0 spiro atoms. The minimum atomic E-state index is -3.66. The van der Waals surface area contributed by atoms with E-state index < -0.39 is 15.3 Å². The molecule has 1 atom stereocenters. The Bertz CT molecular complexity index is 1180. The molecule has 1 aromatic heterocycles. The zero-order chi connectivity index (χ0) is 27.1. The summed E-state index contributed by atoms with van der Waals surface area (Å²) in [5.41, 5.74) is 5.57. The fourth-order valence-corrected chi connectivity index (χ4v) is 6.51. The lowest BCUT2D eigenvalue weighted by molar-refractivity contribution is 0.527. The molecule has 2 aromatic carbocycles. The Morgan fingerprint density at radius 2 is 1.29 bits per heavy atom. The number of fused-ring (bicyclic) bond motifs is 1. The molecule has 0 fully saturated rings. The highest BCUT2D eigenvalue weighted by molar-refractivity contribution is 7.89. The Kier molecular flexibility index (Phi) is 13.1. The van der Waals surface area contributed by atoms with Crippen molar-refractivity contribution >= 4 is 26.7 Å². The van der Waals surface area contributed by atoms with E-state index in [0.29, 0.717) is 12.2 Å². The number of nitrogens with zero attached hydrogens (tertiary/aromatic N) is 1. The van der Waals surface area contributed by atoms with Crippen LogP contribution in [0.5, 0.6) is 0 Å². The normalized spacial score (nSPS) is 12.6. The predicted molar refractivity (Wildman–Crippen MR) is 162 cm³/mol. The van der Waals surface area contributed by atoms with Crippen molar-refractivity contribution in [1.82, 2.24) is 9.82 Å². The van der Waals surface area contributed by atoms with E-state index in [1.807, 2.05) is 67.6 Å². The molecule has 0 amide bonds. The van der Waals surface area contributed by atoms with Crippen molar-refractivity contribution in [3.05, 3.63) is 71.8 Å². The number of unbranched alkanes of at least 4 members (excludes halogenated alkanes) is 12. The van der Waals surface area contributed by atoms with Gasteiger partial charge in [-0.25, -0.2) is 13.4 Å². The summed E-state index contributed by atoms with van der Waals surface area (Å²) >= 11 is 0. The van der Waals surface area contributed by atoms with Gasteiger partial charge in [-0.15, -0.1) is 4.83 Å². The zero-order valence-corrected chi connectivity index (χ0v) is 24.2. The van der Waals surface area contributed by atoms with Crippen LogP contribution in [0.15, 0.2) is 60.7 Å². The van der Waals surface area contributed by atoms with E-state index in [4.69, 9.17) is 0 Å². The van der Waals surface area contributed by atoms with Gasteiger partial charge in [0.1, 0.15) is 11.1 Å². The molecule has 6 heteroatoms. The van der Waals surface area contributed by atoms with Crippen molar-refractivity contribution in [3.8, 4) is 0 Å². The van der Waals surface area contributed by atoms with Gasteiger partial charge in [-0.3, -0.25) is 5.43 Å². The maximum atomic E-state index is 13.4. The summed E-state index contributed by atoms with van der Waals surface area (Å²) in [4.78, 5) is 7.19. The van der Waals surface area contributed by atoms with E-state index in [0.717, 1.165) is 34.9 Å². The maximum absolute atomic E-state index is 13.4. The van der Waals surface area contributed by atoms with Gasteiger partial charge in [-0.1, -0.05) is 139 Å². The van der Waals surface area contributed by atoms with Crippen LogP contribution in [0.25, 0.3) is 10.9 Å². The van der Waals surface area contributed by atoms with Crippen LogP contribution < -0.4 is 10.3 Å². The third-order valence-corrected chi connectivity index (χ3v) is 9.00. The molecular weight excluding hydrogens is 490 g/mol. The number of aromatic nitrogens is 1. The number of hydrogen-bond donors (Lipinski definition) is 2. The lowest BCUT2D eigenvalue weighted by Crippen LogP contribution is -2.34. The van der Waals surface area contributed by atoms with Crippen molar-refractivity contribution in [3.63, 3.8) is 0 Å². The number of pyridine rings is 1. The molecular formula is C32H47N3O2S. The van der Waals surface area contributed by atoms with Crippen LogP contribution in [0.3, 0.4) is 0 Å². The minimum Gasteiger partial charge on any atom is -0.292 e. The van der Waals surface area contributed by atoms with Crippen LogP contribution in [-0.4, -0.2) is 13.4 Å². The third-order valence-electron chi connectivity index (χ3n) is 7.36. The van der Waals surface area contributed by atoms with E-state index in [1.54, 1.807) is 0 Å². The monoisotopic (exact) mass is 537 g/mol. The predicted octanol–water partition coefficient (Wildman–Crippen LogP) is 9.01. The number of hydrazine groups is 1. The molecule has 208 valence electrons. The van der Waals surface area contributed by atoms with Gasteiger partial charge in [-0.05, 0) is 36.6 Å². The smallest absolute Gasteiger partial charge is 0.235 e. The topological polar surface area (TPSA) is 71.1 Å². The van der Waals surface area contributed by atoms with E-state index >= 15 is 0 Å². The molecule has 0 saturated carbocycles. The lowest BCUT2D eigenvalue weighted by atomic mass is 10.0. The summed E-state index contributed by atoms with van der Waals surface area (Å²) in [5, 5.41) is 0.455. The summed E-state index contributed by atoms with van der Waals surface area (Å²) in [6.07, 6.45) is 17.2. The van der Waals surface area contributed by atoms with Crippen LogP contribution in [0.4, 0.5) is 5.82 Å². The van der Waals surface area contributed by atoms with Crippen LogP contribution in [-0.2, 0) is 10.0 Å². The fourth-order valence-electron chi connectivity index (χ4n) is 5.12. The van der Waals surface area contributed by atoms with Gasteiger partial charge in [-0.2, -0.15) is 0 Å². The van der Waals surface area contributed by atoms with Crippen LogP contribution >= 0.6 is 0 Å². The Hall–Kier alpha value is -2.44. The summed E-state index contributed by atoms with van der Waals surface area (Å²) in [7, 11) is -3.66. The summed E-state index contributed by atoms with van der Waals surface area (Å²) < 4.78 is 26.8. The second kappa shape index (κ2) is 16.5. The molecule has 0 saturated heterocycles. The highest BCUT2D eigenvalue weighted by atomic mass is 32.2. The van der Waals surface area contributed by atoms with Crippen LogP contribution in [0.1, 0.15) is 113 Å². The number of benzene rings is 2. The van der Waals surface area contributed by atoms with Gasteiger partial charge >= 0.3 is 0 Å². The molecule has 0 aliphatic carbocycles. The minimum absolute atomic E-state index is 0.498. The van der Waals surface area contributed by atoms with Gasteiger partial charge < -0.3 is 0 Å². The van der Waals surface area contributed by atoms with Crippen molar-refractivity contribution in [2.24, 2.45) is 0 Å². The molecule has 38 heavy (non-hydrogen) atoms. The number of hydrogen-bond acceptors (Lipinski definition) is 4. The molecule has 3 rings (SSSR count). The van der Waals surface area contributed by atoms with Crippen molar-refractivity contribution in [2.45, 2.75) is 109 Å². The summed E-state index contributed by atoms with van der Waals surface area (Å²) in [6.45, 7) is 4.27. The standard InChI is InChI=1S/C32H47N3O2S/c1-3-4-5-6-7-8-9-10-11-12-13-14-18-25-31(28-21-16-15-17-22-28)38(36,37)35-34-32-26-27(2)29-23-19-20-24-30(29)33-32/h15-17,19-24,26,31,35H,3-14,18,25H2,1-2H3,(H,33,34). The van der Waals surface area contributed by atoms with Gasteiger partial charge in [0.15, 0.2) is 0 Å². The first kappa shape index (κ1) is 30.1. The molecule has 0 bridgehead atoms. The second-order valence-electron chi connectivity index (χ2n) is 10.5. The molecule has 0 radical (unpaired) electrons. The number of sulfonamides is 1. The van der Waals surface area contributed by atoms with E-state index in [9.17, 15) is 8.42 Å². The number of rotatable bonds is 19. The molecule has 1 heterocycles. The Morgan fingerprint density at radius 3 is 1.92 bits per heavy atom. The van der Waals surface area contributed by atoms with Crippen molar-refractivity contribution in [1.29, 1.82) is 0 Å². The molecule has 0 aliphatic rings. The van der Waals surface area contributed by atoms with Crippen molar-refractivity contribution in [2.75, 3.05) is 5.43 Å². The SMILES string of the molecule is CCCCCCCCCCCCCCCC(c1ccccc1)S(=O)(=O)NNc1cc(C)c2ccccc2n1. The zero-order valence-electron chi connectivity index (χ0n) is 23.4. The fraction of sp³-hybridized carbons (Fsp3) is 0.531. The van der Waals surface area contributed by atoms with Gasteiger partial charge in [0.05, 0.1) is 5.52 Å². The molecule has 2 N–H and O–H groups in total. The Labute approximate surface area is 230 Å². The highest BCUT2D eigenvalue weighted by Gasteiger charge is 2.26. The molecule has 3 aromatic rings. The number of nitrogens with one attached hydrogen (secondary N) is 2. The molecule has 0 aliphatic heterocycles. The van der Waals surface area contributed by atoms with E-state index in [1.165, 1.54) is 70.6 Å². The Morgan fingerprint density at radius 1 is 0.737 bits per heavy atom.